The molecule has 0 aliphatic rings. The number of hydrogen-bond donors (Lipinski definition) is 0. The van der Waals surface area contributed by atoms with Crippen LogP contribution in [0.3, 0.4) is 0 Å². The van der Waals surface area contributed by atoms with Crippen molar-refractivity contribution in [1.29, 1.82) is 0 Å². The third-order valence-corrected chi connectivity index (χ3v) is 3.96. The van der Waals surface area contributed by atoms with Crippen molar-refractivity contribution in [3.05, 3.63) is 65.2 Å². The molecule has 0 saturated heterocycles. The number of benzene rings is 2. The quantitative estimate of drug-likeness (QED) is 0.727. The molecule has 2 rings (SSSR count). The standard InChI is InChI=1S/C20H24O3/c1-14(2)17-10-11-18(15(3)20(21)22-4)19(12-17)23-13-16-8-6-5-7-9-16/h5-12,14-15H,13H2,1-4H3. The molecule has 0 radical (unpaired) electrons. The van der Waals surface area contributed by atoms with E-state index < -0.39 is 0 Å². The lowest BCUT2D eigenvalue weighted by Crippen LogP contribution is -2.12. The molecular weight excluding hydrogens is 288 g/mol. The van der Waals surface area contributed by atoms with E-state index in [1.54, 1.807) is 0 Å². The molecule has 0 fully saturated rings. The van der Waals surface area contributed by atoms with Crippen LogP contribution < -0.4 is 4.74 Å². The van der Waals surface area contributed by atoms with Crippen LogP contribution in [0.15, 0.2) is 48.5 Å². The van der Waals surface area contributed by atoms with E-state index in [9.17, 15) is 4.79 Å². The fraction of sp³-hybridized carbons (Fsp3) is 0.350. The summed E-state index contributed by atoms with van der Waals surface area (Å²) in [6.07, 6.45) is 0. The molecule has 1 atom stereocenters. The van der Waals surface area contributed by atoms with Crippen molar-refractivity contribution in [1.82, 2.24) is 0 Å². The van der Waals surface area contributed by atoms with Crippen LogP contribution in [0, 0.1) is 0 Å². The molecular formula is C20H24O3. The van der Waals surface area contributed by atoms with Crippen molar-refractivity contribution in [2.24, 2.45) is 0 Å². The topological polar surface area (TPSA) is 35.5 Å². The number of hydrogen-bond acceptors (Lipinski definition) is 3. The monoisotopic (exact) mass is 312 g/mol. The summed E-state index contributed by atoms with van der Waals surface area (Å²) in [5, 5.41) is 0. The average molecular weight is 312 g/mol. The minimum Gasteiger partial charge on any atom is -0.489 e. The molecule has 1 unspecified atom stereocenters. The maximum atomic E-state index is 11.9. The van der Waals surface area contributed by atoms with Gasteiger partial charge in [0.05, 0.1) is 13.0 Å². The molecule has 0 aliphatic carbocycles. The van der Waals surface area contributed by atoms with Crippen molar-refractivity contribution in [2.45, 2.75) is 39.2 Å². The zero-order valence-corrected chi connectivity index (χ0v) is 14.2. The minimum atomic E-state index is -0.355. The number of rotatable bonds is 6. The first-order valence-electron chi connectivity index (χ1n) is 7.91. The van der Waals surface area contributed by atoms with Gasteiger partial charge in [-0.2, -0.15) is 0 Å². The van der Waals surface area contributed by atoms with Gasteiger partial charge in [-0.1, -0.05) is 56.3 Å². The van der Waals surface area contributed by atoms with E-state index in [0.717, 1.165) is 16.9 Å². The van der Waals surface area contributed by atoms with Crippen molar-refractivity contribution < 1.29 is 14.3 Å². The van der Waals surface area contributed by atoms with Crippen LogP contribution in [0.4, 0.5) is 0 Å². The second kappa shape index (κ2) is 7.82. The highest BCUT2D eigenvalue weighted by Gasteiger charge is 2.20. The first-order chi connectivity index (χ1) is 11.0. The van der Waals surface area contributed by atoms with Crippen LogP contribution in [-0.2, 0) is 16.1 Å². The number of esters is 1. The van der Waals surface area contributed by atoms with E-state index in [2.05, 4.69) is 19.9 Å². The Balaban J connectivity index is 2.29. The Kier molecular flexibility index (Phi) is 5.80. The van der Waals surface area contributed by atoms with Gasteiger partial charge >= 0.3 is 5.97 Å². The summed E-state index contributed by atoms with van der Waals surface area (Å²) in [7, 11) is 1.41. The molecule has 2 aromatic rings. The van der Waals surface area contributed by atoms with E-state index in [0.29, 0.717) is 12.5 Å². The van der Waals surface area contributed by atoms with Crippen LogP contribution in [0.2, 0.25) is 0 Å². The van der Waals surface area contributed by atoms with Crippen molar-refractivity contribution in [3.63, 3.8) is 0 Å². The van der Waals surface area contributed by atoms with E-state index >= 15 is 0 Å². The number of ether oxygens (including phenoxy) is 2. The average Bonchev–Trinajstić information content (AvgIpc) is 2.59. The van der Waals surface area contributed by atoms with Gasteiger partial charge in [-0.15, -0.1) is 0 Å². The van der Waals surface area contributed by atoms with Crippen LogP contribution in [0.1, 0.15) is 49.3 Å². The fourth-order valence-electron chi connectivity index (χ4n) is 2.43. The van der Waals surface area contributed by atoms with Gasteiger partial charge in [0.1, 0.15) is 12.4 Å². The Morgan fingerprint density at radius 3 is 2.35 bits per heavy atom. The van der Waals surface area contributed by atoms with E-state index in [1.807, 2.05) is 49.4 Å². The lowest BCUT2D eigenvalue weighted by atomic mass is 9.95. The third kappa shape index (κ3) is 4.35. The van der Waals surface area contributed by atoms with Gasteiger partial charge in [0.15, 0.2) is 0 Å². The minimum absolute atomic E-state index is 0.258. The van der Waals surface area contributed by atoms with Gasteiger partial charge in [0.2, 0.25) is 0 Å². The van der Waals surface area contributed by atoms with Crippen molar-refractivity contribution in [2.75, 3.05) is 7.11 Å². The Morgan fingerprint density at radius 2 is 1.74 bits per heavy atom. The highest BCUT2D eigenvalue weighted by atomic mass is 16.5. The molecule has 0 bridgehead atoms. The van der Waals surface area contributed by atoms with Crippen LogP contribution in [0.25, 0.3) is 0 Å². The molecule has 0 aliphatic heterocycles. The molecule has 0 aromatic heterocycles. The third-order valence-electron chi connectivity index (χ3n) is 3.96. The summed E-state index contributed by atoms with van der Waals surface area (Å²) in [5.41, 5.74) is 3.14. The Bertz CT molecular complexity index is 647. The van der Waals surface area contributed by atoms with Gasteiger partial charge in [-0.05, 0) is 30.0 Å². The molecule has 2 aromatic carbocycles. The molecule has 0 amide bonds. The van der Waals surface area contributed by atoms with E-state index in [1.165, 1.54) is 12.7 Å². The predicted octanol–water partition coefficient (Wildman–Crippen LogP) is 4.67. The summed E-state index contributed by atoms with van der Waals surface area (Å²) < 4.78 is 10.9. The van der Waals surface area contributed by atoms with Gasteiger partial charge in [0.25, 0.3) is 0 Å². The van der Waals surface area contributed by atoms with Crippen molar-refractivity contribution >= 4 is 5.97 Å². The lowest BCUT2D eigenvalue weighted by molar-refractivity contribution is -0.142. The molecule has 23 heavy (non-hydrogen) atoms. The fourth-order valence-corrected chi connectivity index (χ4v) is 2.43. The highest BCUT2D eigenvalue weighted by molar-refractivity contribution is 5.78. The smallest absolute Gasteiger partial charge is 0.312 e. The van der Waals surface area contributed by atoms with Gasteiger partial charge < -0.3 is 9.47 Å². The van der Waals surface area contributed by atoms with Crippen LogP contribution in [0.5, 0.6) is 5.75 Å². The van der Waals surface area contributed by atoms with Crippen molar-refractivity contribution in [3.8, 4) is 5.75 Å². The molecule has 0 heterocycles. The lowest BCUT2D eigenvalue weighted by Gasteiger charge is -2.18. The van der Waals surface area contributed by atoms with Gasteiger partial charge in [0, 0.05) is 5.56 Å². The largest absolute Gasteiger partial charge is 0.489 e. The first kappa shape index (κ1) is 17.1. The summed E-state index contributed by atoms with van der Waals surface area (Å²) in [5.74, 6) is 0.536. The normalized spacial score (nSPS) is 12.0. The zero-order valence-electron chi connectivity index (χ0n) is 14.2. The second-order valence-corrected chi connectivity index (χ2v) is 5.97. The maximum absolute atomic E-state index is 11.9. The second-order valence-electron chi connectivity index (χ2n) is 5.97. The summed E-state index contributed by atoms with van der Waals surface area (Å²) in [6, 6.07) is 16.1. The summed E-state index contributed by atoms with van der Waals surface area (Å²) >= 11 is 0. The van der Waals surface area contributed by atoms with Crippen LogP contribution >= 0.6 is 0 Å². The zero-order chi connectivity index (χ0) is 16.8. The molecule has 0 saturated carbocycles. The molecule has 3 nitrogen and oxygen atoms in total. The Morgan fingerprint density at radius 1 is 1.04 bits per heavy atom. The van der Waals surface area contributed by atoms with E-state index in [4.69, 9.17) is 9.47 Å². The molecule has 122 valence electrons. The van der Waals surface area contributed by atoms with Gasteiger partial charge in [-0.3, -0.25) is 4.79 Å². The van der Waals surface area contributed by atoms with Crippen LogP contribution in [-0.4, -0.2) is 13.1 Å². The first-order valence-corrected chi connectivity index (χ1v) is 7.91. The number of methoxy groups -OCH3 is 1. The number of carbonyl (C=O) groups excluding carboxylic acids is 1. The van der Waals surface area contributed by atoms with E-state index in [-0.39, 0.29) is 11.9 Å². The predicted molar refractivity (Wildman–Crippen MR) is 91.7 cm³/mol. The Hall–Kier alpha value is -2.29. The number of carbonyl (C=O) groups is 1. The maximum Gasteiger partial charge on any atom is 0.312 e. The summed E-state index contributed by atoms with van der Waals surface area (Å²) in [4.78, 5) is 11.9. The van der Waals surface area contributed by atoms with Gasteiger partial charge in [-0.25, -0.2) is 0 Å². The highest BCUT2D eigenvalue weighted by Crippen LogP contribution is 2.31. The SMILES string of the molecule is COC(=O)C(C)c1ccc(C(C)C)cc1OCc1ccccc1. The summed E-state index contributed by atoms with van der Waals surface area (Å²) in [6.45, 7) is 6.59. The molecule has 3 heteroatoms. The molecule has 0 spiro atoms. The molecule has 0 N–H and O–H groups in total. The Labute approximate surface area is 138 Å².